The van der Waals surface area contributed by atoms with E-state index < -0.39 is 0 Å². The van der Waals surface area contributed by atoms with Crippen molar-refractivity contribution in [2.24, 2.45) is 0 Å². The molecule has 1 heterocycles. The number of nitrogens with zero attached hydrogens (tertiary/aromatic N) is 1. The lowest BCUT2D eigenvalue weighted by atomic mass is 10.0. The fourth-order valence-corrected chi connectivity index (χ4v) is 3.12. The van der Waals surface area contributed by atoms with Crippen LogP contribution in [0.1, 0.15) is 56.7 Å². The molecule has 1 fully saturated rings. The summed E-state index contributed by atoms with van der Waals surface area (Å²) in [5.41, 5.74) is 2.78. The molecule has 0 radical (unpaired) electrons. The van der Waals surface area contributed by atoms with Crippen molar-refractivity contribution >= 4 is 0 Å². The van der Waals surface area contributed by atoms with Gasteiger partial charge in [0.05, 0.1) is 0 Å². The second kappa shape index (κ2) is 7.80. The van der Waals surface area contributed by atoms with Crippen molar-refractivity contribution in [1.29, 1.82) is 0 Å². The normalized spacial score (nSPS) is 21.2. The third-order valence-electron chi connectivity index (χ3n) is 4.52. The van der Waals surface area contributed by atoms with Gasteiger partial charge in [0, 0.05) is 18.6 Å². The van der Waals surface area contributed by atoms with E-state index in [1.165, 1.54) is 49.9 Å². The van der Waals surface area contributed by atoms with Gasteiger partial charge in [0.15, 0.2) is 0 Å². The topological polar surface area (TPSA) is 15.3 Å². The maximum Gasteiger partial charge on any atom is 0.0332 e. The Morgan fingerprint density at radius 1 is 1.30 bits per heavy atom. The molecule has 1 aromatic rings. The summed E-state index contributed by atoms with van der Waals surface area (Å²) in [7, 11) is 0. The molecular formula is C18H30N2. The highest BCUT2D eigenvalue weighted by atomic mass is 15.2. The quantitative estimate of drug-likeness (QED) is 0.811. The van der Waals surface area contributed by atoms with Crippen LogP contribution >= 0.6 is 0 Å². The molecule has 1 aliphatic rings. The fourth-order valence-electron chi connectivity index (χ4n) is 3.12. The van der Waals surface area contributed by atoms with Crippen molar-refractivity contribution in [2.45, 2.75) is 58.5 Å². The van der Waals surface area contributed by atoms with Crippen LogP contribution in [-0.2, 0) is 0 Å². The van der Waals surface area contributed by atoms with Gasteiger partial charge in [0.25, 0.3) is 0 Å². The Hall–Kier alpha value is -0.860. The standard InChI is InChI=1S/C18H30N2/c1-4-12-19-18(17-9-7-15(2)8-10-17)11-14-20-13-5-6-16(20)3/h7-10,16,18-19H,4-6,11-14H2,1-3H3. The molecule has 0 aliphatic carbocycles. The largest absolute Gasteiger partial charge is 0.310 e. The third kappa shape index (κ3) is 4.32. The van der Waals surface area contributed by atoms with Crippen molar-refractivity contribution in [3.8, 4) is 0 Å². The Labute approximate surface area is 124 Å². The summed E-state index contributed by atoms with van der Waals surface area (Å²) in [5.74, 6) is 0. The molecule has 112 valence electrons. The van der Waals surface area contributed by atoms with Crippen molar-refractivity contribution in [3.05, 3.63) is 35.4 Å². The molecule has 0 saturated carbocycles. The predicted octanol–water partition coefficient (Wildman–Crippen LogP) is 3.91. The summed E-state index contributed by atoms with van der Waals surface area (Å²) < 4.78 is 0. The first kappa shape index (κ1) is 15.5. The Balaban J connectivity index is 1.94. The van der Waals surface area contributed by atoms with Crippen molar-refractivity contribution in [1.82, 2.24) is 10.2 Å². The summed E-state index contributed by atoms with van der Waals surface area (Å²) >= 11 is 0. The summed E-state index contributed by atoms with van der Waals surface area (Å²) in [5, 5.41) is 3.72. The van der Waals surface area contributed by atoms with Crippen LogP contribution in [0.25, 0.3) is 0 Å². The third-order valence-corrected chi connectivity index (χ3v) is 4.52. The molecule has 2 heteroatoms. The van der Waals surface area contributed by atoms with Crippen molar-refractivity contribution < 1.29 is 0 Å². The highest BCUT2D eigenvalue weighted by Gasteiger charge is 2.21. The van der Waals surface area contributed by atoms with E-state index in [1.807, 2.05) is 0 Å². The van der Waals surface area contributed by atoms with Crippen molar-refractivity contribution in [2.75, 3.05) is 19.6 Å². The Morgan fingerprint density at radius 2 is 2.05 bits per heavy atom. The molecule has 1 N–H and O–H groups in total. The molecule has 0 aromatic heterocycles. The summed E-state index contributed by atoms with van der Waals surface area (Å²) in [6.45, 7) is 10.4. The van der Waals surface area contributed by atoms with Crippen LogP contribution < -0.4 is 5.32 Å². The molecule has 2 nitrogen and oxygen atoms in total. The van der Waals surface area contributed by atoms with Gasteiger partial charge in [-0.25, -0.2) is 0 Å². The lowest BCUT2D eigenvalue weighted by Gasteiger charge is -2.25. The maximum absolute atomic E-state index is 3.72. The van der Waals surface area contributed by atoms with Gasteiger partial charge in [-0.05, 0) is 58.2 Å². The zero-order valence-corrected chi connectivity index (χ0v) is 13.4. The van der Waals surface area contributed by atoms with E-state index in [9.17, 15) is 0 Å². The highest BCUT2D eigenvalue weighted by molar-refractivity contribution is 5.24. The zero-order chi connectivity index (χ0) is 14.4. The molecular weight excluding hydrogens is 244 g/mol. The molecule has 2 rings (SSSR count). The van der Waals surface area contributed by atoms with Crippen LogP contribution in [0.3, 0.4) is 0 Å². The average molecular weight is 274 g/mol. The van der Waals surface area contributed by atoms with E-state index in [1.54, 1.807) is 0 Å². The predicted molar refractivity (Wildman–Crippen MR) is 87.1 cm³/mol. The van der Waals surface area contributed by atoms with E-state index in [4.69, 9.17) is 0 Å². The van der Waals surface area contributed by atoms with Crippen LogP contribution in [-0.4, -0.2) is 30.6 Å². The maximum atomic E-state index is 3.72. The van der Waals surface area contributed by atoms with E-state index >= 15 is 0 Å². The average Bonchev–Trinajstić information content (AvgIpc) is 2.86. The number of nitrogens with one attached hydrogen (secondary N) is 1. The van der Waals surface area contributed by atoms with Gasteiger partial charge in [-0.1, -0.05) is 36.8 Å². The highest BCUT2D eigenvalue weighted by Crippen LogP contribution is 2.22. The lowest BCUT2D eigenvalue weighted by Crippen LogP contribution is -2.32. The number of likely N-dealkylation sites (tertiary alicyclic amines) is 1. The van der Waals surface area contributed by atoms with Gasteiger partial charge in [-0.3, -0.25) is 0 Å². The monoisotopic (exact) mass is 274 g/mol. The zero-order valence-electron chi connectivity index (χ0n) is 13.4. The van der Waals surface area contributed by atoms with Gasteiger partial charge in [0.2, 0.25) is 0 Å². The number of aryl methyl sites for hydroxylation is 1. The summed E-state index contributed by atoms with van der Waals surface area (Å²) in [4.78, 5) is 2.65. The smallest absolute Gasteiger partial charge is 0.0332 e. The van der Waals surface area contributed by atoms with Crippen LogP contribution in [0, 0.1) is 6.92 Å². The molecule has 2 atom stereocenters. The molecule has 2 unspecified atom stereocenters. The Bertz CT molecular complexity index is 385. The van der Waals surface area contributed by atoms with Gasteiger partial charge in [0.1, 0.15) is 0 Å². The number of hydrogen-bond acceptors (Lipinski definition) is 2. The van der Waals surface area contributed by atoms with Gasteiger partial charge < -0.3 is 10.2 Å². The SMILES string of the molecule is CCCNC(CCN1CCCC1C)c1ccc(C)cc1. The molecule has 0 bridgehead atoms. The van der Waals surface area contributed by atoms with E-state index in [2.05, 4.69) is 55.3 Å². The van der Waals surface area contributed by atoms with Crippen LogP contribution in [0.4, 0.5) is 0 Å². The molecule has 1 aliphatic heterocycles. The minimum absolute atomic E-state index is 0.503. The van der Waals surface area contributed by atoms with Crippen molar-refractivity contribution in [3.63, 3.8) is 0 Å². The molecule has 20 heavy (non-hydrogen) atoms. The minimum Gasteiger partial charge on any atom is -0.310 e. The van der Waals surface area contributed by atoms with E-state index in [0.717, 1.165) is 12.6 Å². The minimum atomic E-state index is 0.503. The first-order valence-electron chi connectivity index (χ1n) is 8.24. The first-order chi connectivity index (χ1) is 9.70. The number of benzene rings is 1. The number of rotatable bonds is 7. The fraction of sp³-hybridized carbons (Fsp3) is 0.667. The van der Waals surface area contributed by atoms with Gasteiger partial charge in [-0.15, -0.1) is 0 Å². The van der Waals surface area contributed by atoms with Crippen LogP contribution in [0.15, 0.2) is 24.3 Å². The van der Waals surface area contributed by atoms with E-state index in [0.29, 0.717) is 6.04 Å². The van der Waals surface area contributed by atoms with Crippen LogP contribution in [0.5, 0.6) is 0 Å². The molecule has 1 aromatic carbocycles. The second-order valence-corrected chi connectivity index (χ2v) is 6.23. The molecule has 0 amide bonds. The molecule has 1 saturated heterocycles. The summed E-state index contributed by atoms with van der Waals surface area (Å²) in [6, 6.07) is 10.3. The first-order valence-corrected chi connectivity index (χ1v) is 8.24. The molecule has 0 spiro atoms. The Kier molecular flexibility index (Phi) is 6.06. The lowest BCUT2D eigenvalue weighted by molar-refractivity contribution is 0.251. The van der Waals surface area contributed by atoms with Crippen LogP contribution in [0.2, 0.25) is 0 Å². The van der Waals surface area contributed by atoms with Gasteiger partial charge in [-0.2, -0.15) is 0 Å². The second-order valence-electron chi connectivity index (χ2n) is 6.23. The summed E-state index contributed by atoms with van der Waals surface area (Å²) in [6.07, 6.45) is 5.16. The number of hydrogen-bond donors (Lipinski definition) is 1. The van der Waals surface area contributed by atoms with Gasteiger partial charge >= 0.3 is 0 Å². The Morgan fingerprint density at radius 3 is 2.65 bits per heavy atom. The van der Waals surface area contributed by atoms with E-state index in [-0.39, 0.29) is 0 Å².